The van der Waals surface area contributed by atoms with Gasteiger partial charge in [-0.3, -0.25) is 4.79 Å². The Balaban J connectivity index is 1.56. The lowest BCUT2D eigenvalue weighted by atomic mass is 9.92. The highest BCUT2D eigenvalue weighted by Crippen LogP contribution is 2.16. The third kappa shape index (κ3) is 8.96. The van der Waals surface area contributed by atoms with Crippen molar-refractivity contribution < 1.29 is 20.1 Å². The molecule has 0 aromatic heterocycles. The number of nitrogens with two attached hydrogens (primary N) is 1. The van der Waals surface area contributed by atoms with Crippen molar-refractivity contribution in [3.8, 4) is 5.75 Å². The Bertz CT molecular complexity index is 1070. The Labute approximate surface area is 213 Å². The van der Waals surface area contributed by atoms with Crippen molar-refractivity contribution in [1.29, 1.82) is 0 Å². The van der Waals surface area contributed by atoms with Gasteiger partial charge < -0.3 is 26.4 Å². The Morgan fingerprint density at radius 1 is 0.833 bits per heavy atom. The molecule has 0 fully saturated rings. The van der Waals surface area contributed by atoms with Crippen LogP contribution in [0.3, 0.4) is 0 Å². The van der Waals surface area contributed by atoms with Crippen LogP contribution in [0.5, 0.6) is 5.75 Å². The zero-order valence-electron chi connectivity index (χ0n) is 20.4. The number of phenols is 1. The Hall–Kier alpha value is -3.45. The maximum Gasteiger partial charge on any atom is 0.226 e. The van der Waals surface area contributed by atoms with Gasteiger partial charge in [0.25, 0.3) is 0 Å². The van der Waals surface area contributed by atoms with Gasteiger partial charge in [0, 0.05) is 12.6 Å². The lowest BCUT2D eigenvalue weighted by Gasteiger charge is -2.21. The molecule has 0 aliphatic rings. The summed E-state index contributed by atoms with van der Waals surface area (Å²) in [6, 6.07) is 25.7. The first-order valence-corrected chi connectivity index (χ1v) is 12.3. The van der Waals surface area contributed by atoms with Gasteiger partial charge in [0.1, 0.15) is 5.75 Å². The molecule has 0 spiro atoms. The molecule has 0 saturated heterocycles. The van der Waals surface area contributed by atoms with E-state index < -0.39 is 24.2 Å². The minimum atomic E-state index is -1.01. The topological polar surface area (TPSA) is 116 Å². The van der Waals surface area contributed by atoms with Crippen LogP contribution in [-0.2, 0) is 24.1 Å². The molecule has 3 aromatic carbocycles. The Kier molecular flexibility index (Phi) is 10.7. The SMILES string of the molecule is N[C@@H](Cc1ccc(O)cc1)[C@@H](O)C/C=C/[C@H](O)[C@@H](Cc1ccccc1)C(=O)NCCc1ccccc1. The van der Waals surface area contributed by atoms with Gasteiger partial charge in [0.15, 0.2) is 0 Å². The van der Waals surface area contributed by atoms with E-state index in [9.17, 15) is 20.1 Å². The molecule has 0 aliphatic heterocycles. The highest BCUT2D eigenvalue weighted by atomic mass is 16.3. The molecule has 0 heterocycles. The summed E-state index contributed by atoms with van der Waals surface area (Å²) in [7, 11) is 0. The lowest BCUT2D eigenvalue weighted by Crippen LogP contribution is -2.39. The molecule has 1 amide bonds. The van der Waals surface area contributed by atoms with Gasteiger partial charge in [-0.1, -0.05) is 84.9 Å². The van der Waals surface area contributed by atoms with Crippen LogP contribution in [0.15, 0.2) is 97.1 Å². The third-order valence-electron chi connectivity index (χ3n) is 6.22. The Morgan fingerprint density at radius 2 is 1.42 bits per heavy atom. The zero-order valence-corrected chi connectivity index (χ0v) is 20.4. The number of carbonyl (C=O) groups excluding carboxylic acids is 1. The number of hydrogen-bond donors (Lipinski definition) is 5. The van der Waals surface area contributed by atoms with E-state index in [-0.39, 0.29) is 18.1 Å². The third-order valence-corrected chi connectivity index (χ3v) is 6.22. The first kappa shape index (κ1) is 27.1. The number of phenolic OH excluding ortho intramolecular Hbond substituents is 1. The number of benzene rings is 3. The lowest BCUT2D eigenvalue weighted by molar-refractivity contribution is -0.127. The van der Waals surface area contributed by atoms with Gasteiger partial charge in [0.05, 0.1) is 18.1 Å². The number of aromatic hydroxyl groups is 1. The van der Waals surface area contributed by atoms with Gasteiger partial charge >= 0.3 is 0 Å². The van der Waals surface area contributed by atoms with Crippen molar-refractivity contribution in [1.82, 2.24) is 5.32 Å². The van der Waals surface area contributed by atoms with Crippen LogP contribution in [0.1, 0.15) is 23.1 Å². The zero-order chi connectivity index (χ0) is 25.8. The first-order chi connectivity index (χ1) is 17.4. The van der Waals surface area contributed by atoms with E-state index in [1.54, 1.807) is 36.4 Å². The molecule has 0 saturated carbocycles. The second-order valence-corrected chi connectivity index (χ2v) is 9.08. The fourth-order valence-electron chi connectivity index (χ4n) is 4.05. The second-order valence-electron chi connectivity index (χ2n) is 9.08. The largest absolute Gasteiger partial charge is 0.508 e. The average molecular weight is 489 g/mol. The number of carbonyl (C=O) groups is 1. The van der Waals surface area contributed by atoms with Crippen LogP contribution < -0.4 is 11.1 Å². The van der Waals surface area contributed by atoms with Crippen LogP contribution in [0, 0.1) is 5.92 Å². The standard InChI is InChI=1S/C30H36N2O4/c31-27(21-24-14-16-25(33)17-15-24)29(35)13-7-12-28(34)26(20-23-10-5-2-6-11-23)30(36)32-19-18-22-8-3-1-4-9-22/h1-12,14-17,26-29,33-35H,13,18-21,31H2,(H,32,36)/b12-7+/t26-,27+,28+,29+/m1/s1. The number of aliphatic hydroxyl groups excluding tert-OH is 2. The van der Waals surface area contributed by atoms with Crippen LogP contribution in [0.25, 0.3) is 0 Å². The van der Waals surface area contributed by atoms with Gasteiger partial charge in [-0.05, 0) is 54.5 Å². The van der Waals surface area contributed by atoms with Crippen molar-refractivity contribution in [3.05, 3.63) is 114 Å². The summed E-state index contributed by atoms with van der Waals surface area (Å²) in [5.74, 6) is -0.697. The fourth-order valence-corrected chi connectivity index (χ4v) is 4.05. The van der Waals surface area contributed by atoms with Gasteiger partial charge in [-0.15, -0.1) is 0 Å². The summed E-state index contributed by atoms with van der Waals surface area (Å²) in [6.45, 7) is 0.482. The molecule has 0 aliphatic carbocycles. The predicted molar refractivity (Wildman–Crippen MR) is 142 cm³/mol. The van der Waals surface area contributed by atoms with Crippen LogP contribution in [0.4, 0.5) is 0 Å². The summed E-state index contributed by atoms with van der Waals surface area (Å²) in [5, 5.41) is 33.7. The van der Waals surface area contributed by atoms with Crippen LogP contribution >= 0.6 is 0 Å². The number of rotatable bonds is 13. The quantitative estimate of drug-likeness (QED) is 0.237. The smallest absolute Gasteiger partial charge is 0.226 e. The molecule has 4 atom stereocenters. The number of hydrogen-bond acceptors (Lipinski definition) is 5. The molecule has 0 radical (unpaired) electrons. The molecule has 0 unspecified atom stereocenters. The van der Waals surface area contributed by atoms with Crippen LogP contribution in [-0.4, -0.2) is 46.0 Å². The molecule has 6 N–H and O–H groups in total. The minimum Gasteiger partial charge on any atom is -0.508 e. The molecule has 190 valence electrons. The predicted octanol–water partition coefficient (Wildman–Crippen LogP) is 3.15. The molecule has 0 bridgehead atoms. The fraction of sp³-hybridized carbons (Fsp3) is 0.300. The average Bonchev–Trinajstić information content (AvgIpc) is 2.89. The highest BCUT2D eigenvalue weighted by Gasteiger charge is 2.25. The van der Waals surface area contributed by atoms with E-state index in [0.29, 0.717) is 25.8 Å². The van der Waals surface area contributed by atoms with E-state index in [2.05, 4.69) is 5.32 Å². The summed E-state index contributed by atoms with van der Waals surface area (Å²) in [5.41, 5.74) is 9.16. The van der Waals surface area contributed by atoms with Gasteiger partial charge in [-0.2, -0.15) is 0 Å². The maximum absolute atomic E-state index is 13.0. The van der Waals surface area contributed by atoms with Crippen molar-refractivity contribution in [2.24, 2.45) is 11.7 Å². The minimum absolute atomic E-state index is 0.180. The van der Waals surface area contributed by atoms with Crippen molar-refractivity contribution in [2.75, 3.05) is 6.54 Å². The summed E-state index contributed by atoms with van der Waals surface area (Å²) < 4.78 is 0. The van der Waals surface area contributed by atoms with E-state index in [4.69, 9.17) is 5.73 Å². The van der Waals surface area contributed by atoms with E-state index in [0.717, 1.165) is 16.7 Å². The molecular formula is C30H36N2O4. The summed E-state index contributed by atoms with van der Waals surface area (Å²) in [6.07, 6.45) is 3.25. The van der Waals surface area contributed by atoms with Crippen LogP contribution in [0.2, 0.25) is 0 Å². The van der Waals surface area contributed by atoms with E-state index in [1.807, 2.05) is 60.7 Å². The molecular weight excluding hydrogens is 452 g/mol. The molecule has 6 heteroatoms. The molecule has 6 nitrogen and oxygen atoms in total. The maximum atomic E-state index is 13.0. The van der Waals surface area contributed by atoms with Gasteiger partial charge in [-0.25, -0.2) is 0 Å². The highest BCUT2D eigenvalue weighted by molar-refractivity contribution is 5.79. The first-order valence-electron chi connectivity index (χ1n) is 12.3. The van der Waals surface area contributed by atoms with Crippen molar-refractivity contribution >= 4 is 5.91 Å². The monoisotopic (exact) mass is 488 g/mol. The van der Waals surface area contributed by atoms with E-state index in [1.165, 1.54) is 0 Å². The number of nitrogens with one attached hydrogen (secondary N) is 1. The van der Waals surface area contributed by atoms with Crippen molar-refractivity contribution in [3.63, 3.8) is 0 Å². The number of amides is 1. The molecule has 3 aromatic rings. The normalized spacial score (nSPS) is 14.8. The van der Waals surface area contributed by atoms with E-state index >= 15 is 0 Å². The van der Waals surface area contributed by atoms with Crippen molar-refractivity contribution in [2.45, 2.75) is 43.9 Å². The number of aliphatic hydroxyl groups is 2. The van der Waals surface area contributed by atoms with Gasteiger partial charge in [0.2, 0.25) is 5.91 Å². The molecule has 3 rings (SSSR count). The Morgan fingerprint density at radius 3 is 2.06 bits per heavy atom. The molecule has 36 heavy (non-hydrogen) atoms. The second kappa shape index (κ2) is 14.2. The summed E-state index contributed by atoms with van der Waals surface area (Å²) in [4.78, 5) is 13.0. The summed E-state index contributed by atoms with van der Waals surface area (Å²) >= 11 is 0.